The molecule has 2 aliphatic heterocycles. The van der Waals surface area contributed by atoms with Crippen molar-refractivity contribution in [1.29, 1.82) is 0 Å². The maximum atomic E-state index is 13.3. The van der Waals surface area contributed by atoms with Crippen molar-refractivity contribution in [2.45, 2.75) is 25.4 Å². The highest BCUT2D eigenvalue weighted by Crippen LogP contribution is 2.22. The third-order valence-electron chi connectivity index (χ3n) is 6.42. The van der Waals surface area contributed by atoms with Crippen LogP contribution in [0.25, 0.3) is 11.2 Å². The summed E-state index contributed by atoms with van der Waals surface area (Å²) in [5.74, 6) is 0.571. The van der Waals surface area contributed by atoms with E-state index in [1.807, 2.05) is 0 Å². The Morgan fingerprint density at radius 2 is 1.72 bits per heavy atom. The number of hydrogen-bond acceptors (Lipinski definition) is 7. The highest BCUT2D eigenvalue weighted by Gasteiger charge is 2.22. The van der Waals surface area contributed by atoms with Crippen molar-refractivity contribution in [1.82, 2.24) is 29.3 Å². The first-order valence-electron chi connectivity index (χ1n) is 11.4. The molecule has 5 rings (SSSR count). The Hall–Kier alpha value is -2.62. The zero-order valence-corrected chi connectivity index (χ0v) is 18.3. The number of anilines is 1. The fourth-order valence-electron chi connectivity index (χ4n) is 4.50. The molecule has 2 aromatic heterocycles. The van der Waals surface area contributed by atoms with Crippen LogP contribution in [0.1, 0.15) is 18.4 Å². The van der Waals surface area contributed by atoms with Gasteiger partial charge in [-0.3, -0.25) is 9.47 Å². The topological polar surface area (TPSA) is 71.3 Å². The average Bonchev–Trinajstić information content (AvgIpc) is 3.17. The van der Waals surface area contributed by atoms with Crippen LogP contribution in [0.3, 0.4) is 0 Å². The van der Waals surface area contributed by atoms with E-state index in [-0.39, 0.29) is 5.82 Å². The quantitative estimate of drug-likeness (QED) is 0.605. The van der Waals surface area contributed by atoms with Crippen LogP contribution < -0.4 is 5.32 Å². The molecule has 170 valence electrons. The largest absolute Gasteiger partial charge is 0.379 e. The van der Waals surface area contributed by atoms with E-state index in [4.69, 9.17) is 9.72 Å². The van der Waals surface area contributed by atoms with Gasteiger partial charge in [-0.05, 0) is 30.5 Å². The highest BCUT2D eigenvalue weighted by atomic mass is 19.1. The van der Waals surface area contributed by atoms with Gasteiger partial charge >= 0.3 is 0 Å². The van der Waals surface area contributed by atoms with E-state index in [9.17, 15) is 4.39 Å². The number of rotatable bonds is 7. The number of morpholine rings is 1. The van der Waals surface area contributed by atoms with Gasteiger partial charge in [-0.25, -0.2) is 19.3 Å². The van der Waals surface area contributed by atoms with Crippen LogP contribution >= 0.6 is 0 Å². The Labute approximate surface area is 187 Å². The Morgan fingerprint density at radius 3 is 2.47 bits per heavy atom. The number of halogens is 1. The minimum atomic E-state index is -0.231. The number of imidazole rings is 1. The summed E-state index contributed by atoms with van der Waals surface area (Å²) in [5, 5.41) is 3.65. The second-order valence-corrected chi connectivity index (χ2v) is 8.59. The molecule has 2 aliphatic rings. The van der Waals surface area contributed by atoms with Gasteiger partial charge in [-0.2, -0.15) is 0 Å². The number of aromatic nitrogens is 4. The number of benzene rings is 1. The number of nitrogens with zero attached hydrogens (tertiary/aromatic N) is 6. The molecule has 0 saturated carbocycles. The average molecular weight is 440 g/mol. The van der Waals surface area contributed by atoms with Crippen molar-refractivity contribution >= 4 is 17.1 Å². The van der Waals surface area contributed by atoms with Crippen molar-refractivity contribution in [2.75, 3.05) is 57.8 Å². The van der Waals surface area contributed by atoms with Crippen LogP contribution in [0.5, 0.6) is 0 Å². The number of piperidine rings is 1. The van der Waals surface area contributed by atoms with Gasteiger partial charge in [0.25, 0.3) is 0 Å². The molecule has 3 aromatic rings. The molecule has 1 N–H and O–H groups in total. The first kappa shape index (κ1) is 21.2. The molecule has 0 bridgehead atoms. The SMILES string of the molecule is Fc1ccc(Cn2c(NC3CCN(CCN4CCOCC4)CC3)nc3cncnc32)cc1. The number of fused-ring (bicyclic) bond motifs is 1. The summed E-state index contributed by atoms with van der Waals surface area (Å²) in [6.07, 6.45) is 5.44. The van der Waals surface area contributed by atoms with Crippen molar-refractivity contribution in [3.63, 3.8) is 0 Å². The Balaban J connectivity index is 1.22. The number of ether oxygens (including phenoxy) is 1. The van der Waals surface area contributed by atoms with Gasteiger partial charge in [-0.1, -0.05) is 12.1 Å². The monoisotopic (exact) mass is 439 g/mol. The molecule has 32 heavy (non-hydrogen) atoms. The van der Waals surface area contributed by atoms with Gasteiger partial charge in [0.1, 0.15) is 17.7 Å². The maximum absolute atomic E-state index is 13.3. The molecule has 0 aliphatic carbocycles. The molecule has 8 nitrogen and oxygen atoms in total. The zero-order chi connectivity index (χ0) is 21.8. The van der Waals surface area contributed by atoms with E-state index in [0.717, 1.165) is 88.0 Å². The summed E-state index contributed by atoms with van der Waals surface area (Å²) in [7, 11) is 0. The molecule has 0 radical (unpaired) electrons. The zero-order valence-electron chi connectivity index (χ0n) is 18.3. The van der Waals surface area contributed by atoms with Crippen LogP contribution in [-0.4, -0.2) is 87.8 Å². The summed E-state index contributed by atoms with van der Waals surface area (Å²) in [6, 6.07) is 6.95. The molecule has 2 fully saturated rings. The van der Waals surface area contributed by atoms with Gasteiger partial charge in [0.15, 0.2) is 5.65 Å². The van der Waals surface area contributed by atoms with E-state index >= 15 is 0 Å². The normalized spacial score (nSPS) is 18.9. The van der Waals surface area contributed by atoms with Crippen LogP contribution in [0.15, 0.2) is 36.8 Å². The van der Waals surface area contributed by atoms with E-state index in [2.05, 4.69) is 29.7 Å². The lowest BCUT2D eigenvalue weighted by molar-refractivity contribution is 0.0322. The molecule has 2 saturated heterocycles. The van der Waals surface area contributed by atoms with Gasteiger partial charge in [-0.15, -0.1) is 0 Å². The minimum absolute atomic E-state index is 0.231. The van der Waals surface area contributed by atoms with Crippen molar-refractivity contribution in [3.8, 4) is 0 Å². The first-order valence-corrected chi connectivity index (χ1v) is 11.4. The molecule has 0 amide bonds. The molecule has 4 heterocycles. The third kappa shape index (κ3) is 5.06. The smallest absolute Gasteiger partial charge is 0.205 e. The van der Waals surface area contributed by atoms with E-state index in [1.165, 1.54) is 12.1 Å². The summed E-state index contributed by atoms with van der Waals surface area (Å²) in [4.78, 5) is 18.4. The standard InChI is InChI=1S/C23H30FN7O/c24-19-3-1-18(2-4-19)16-31-22-21(15-25-17-26-22)28-23(31)27-20-5-7-29(8-6-20)9-10-30-11-13-32-14-12-30/h1-4,15,17,20H,5-14,16H2,(H,27,28). The Kier molecular flexibility index (Phi) is 6.56. The minimum Gasteiger partial charge on any atom is -0.379 e. The van der Waals surface area contributed by atoms with Crippen molar-refractivity contribution < 1.29 is 9.13 Å². The molecule has 9 heteroatoms. The van der Waals surface area contributed by atoms with Crippen molar-refractivity contribution in [3.05, 3.63) is 48.2 Å². The highest BCUT2D eigenvalue weighted by molar-refractivity contribution is 5.73. The van der Waals surface area contributed by atoms with Crippen molar-refractivity contribution in [2.24, 2.45) is 0 Å². The van der Waals surface area contributed by atoms with E-state index < -0.39 is 0 Å². The fraction of sp³-hybridized carbons (Fsp3) is 0.522. The van der Waals surface area contributed by atoms with Crippen LogP contribution in [-0.2, 0) is 11.3 Å². The van der Waals surface area contributed by atoms with Crippen LogP contribution in [0.4, 0.5) is 10.3 Å². The lowest BCUT2D eigenvalue weighted by Gasteiger charge is -2.34. The van der Waals surface area contributed by atoms with Gasteiger partial charge in [0, 0.05) is 45.3 Å². The molecule has 1 aromatic carbocycles. The molecule has 0 atom stereocenters. The second kappa shape index (κ2) is 9.89. The van der Waals surface area contributed by atoms with Gasteiger partial charge < -0.3 is 15.0 Å². The fourth-order valence-corrected chi connectivity index (χ4v) is 4.50. The second-order valence-electron chi connectivity index (χ2n) is 8.59. The van der Waals surface area contributed by atoms with Crippen LogP contribution in [0.2, 0.25) is 0 Å². The summed E-state index contributed by atoms with van der Waals surface area (Å²) in [6.45, 7) is 8.79. The maximum Gasteiger partial charge on any atom is 0.205 e. The number of likely N-dealkylation sites (tertiary alicyclic amines) is 1. The summed E-state index contributed by atoms with van der Waals surface area (Å²) < 4.78 is 20.8. The van der Waals surface area contributed by atoms with E-state index in [0.29, 0.717) is 12.6 Å². The Bertz CT molecular complexity index is 1010. The predicted molar refractivity (Wildman–Crippen MR) is 121 cm³/mol. The third-order valence-corrected chi connectivity index (χ3v) is 6.42. The summed E-state index contributed by atoms with van der Waals surface area (Å²) in [5.41, 5.74) is 2.56. The summed E-state index contributed by atoms with van der Waals surface area (Å²) >= 11 is 0. The molecular weight excluding hydrogens is 409 g/mol. The van der Waals surface area contributed by atoms with Gasteiger partial charge in [0.2, 0.25) is 5.95 Å². The molecular formula is C23H30FN7O. The lowest BCUT2D eigenvalue weighted by Crippen LogP contribution is -2.45. The number of nitrogens with one attached hydrogen (secondary N) is 1. The molecule has 0 spiro atoms. The predicted octanol–water partition coefficient (Wildman–Crippen LogP) is 2.22. The van der Waals surface area contributed by atoms with Gasteiger partial charge in [0.05, 0.1) is 26.0 Å². The van der Waals surface area contributed by atoms with E-state index in [1.54, 1.807) is 24.7 Å². The lowest BCUT2D eigenvalue weighted by atomic mass is 10.1. The Morgan fingerprint density at radius 1 is 1.00 bits per heavy atom. The first-order chi connectivity index (χ1) is 15.7. The molecule has 0 unspecified atom stereocenters. The van der Waals surface area contributed by atoms with Crippen LogP contribution in [0, 0.1) is 5.82 Å². The number of hydrogen-bond donors (Lipinski definition) is 1.